The van der Waals surface area contributed by atoms with Crippen LogP contribution in [-0.2, 0) is 0 Å². The number of piperidine rings is 1. The summed E-state index contributed by atoms with van der Waals surface area (Å²) in [4.78, 5) is 2.53. The number of nitrogens with zero attached hydrogens (tertiary/aromatic N) is 3. The Morgan fingerprint density at radius 1 is 1.14 bits per heavy atom. The Morgan fingerprint density at radius 2 is 1.93 bits per heavy atom. The van der Waals surface area contributed by atoms with Crippen LogP contribution in [0, 0.1) is 0 Å². The van der Waals surface area contributed by atoms with Crippen LogP contribution in [0.2, 0.25) is 10.0 Å². The topological polar surface area (TPSA) is 28.1 Å². The van der Waals surface area contributed by atoms with E-state index in [-0.39, 0.29) is 11.8 Å². The number of fused-ring (bicyclic) bond motifs is 4. The van der Waals surface area contributed by atoms with Crippen LogP contribution in [0.25, 0.3) is 0 Å². The molecule has 0 aliphatic carbocycles. The normalized spacial score (nSPS) is 22.8. The van der Waals surface area contributed by atoms with Crippen LogP contribution in [0.15, 0.2) is 47.6 Å². The first-order valence-electron chi connectivity index (χ1n) is 10.4. The van der Waals surface area contributed by atoms with Crippen molar-refractivity contribution in [3.8, 4) is 5.75 Å². The lowest BCUT2D eigenvalue weighted by Gasteiger charge is -2.51. The van der Waals surface area contributed by atoms with E-state index < -0.39 is 0 Å². The highest BCUT2D eigenvalue weighted by molar-refractivity contribution is 6.37. The van der Waals surface area contributed by atoms with Crippen molar-refractivity contribution in [3.63, 3.8) is 0 Å². The highest BCUT2D eigenvalue weighted by Crippen LogP contribution is 2.50. The van der Waals surface area contributed by atoms with Crippen molar-refractivity contribution >= 4 is 28.9 Å². The standard InChI is InChI=1S/C23H25Cl2N3O/c1-2-11-27-12-9-23(10-13-27)28-21(18-5-3-4-6-22(18)29-23)15-20(26-28)17-8-7-16(24)14-19(17)25/h3-8,14,21H,2,9-13,15H2,1H3. The minimum atomic E-state index is -0.385. The predicted molar refractivity (Wildman–Crippen MR) is 118 cm³/mol. The third-order valence-electron chi connectivity index (χ3n) is 6.33. The van der Waals surface area contributed by atoms with E-state index in [4.69, 9.17) is 33.0 Å². The van der Waals surface area contributed by atoms with E-state index in [2.05, 4.69) is 41.1 Å². The minimum Gasteiger partial charge on any atom is -0.466 e. The molecule has 2 aromatic carbocycles. The first kappa shape index (κ1) is 19.2. The van der Waals surface area contributed by atoms with Gasteiger partial charge in [-0.25, -0.2) is 5.01 Å². The molecule has 0 amide bonds. The maximum atomic E-state index is 6.67. The zero-order valence-electron chi connectivity index (χ0n) is 16.6. The van der Waals surface area contributed by atoms with E-state index in [1.165, 1.54) is 12.0 Å². The molecule has 6 heteroatoms. The second-order valence-electron chi connectivity index (χ2n) is 8.16. The average molecular weight is 430 g/mol. The summed E-state index contributed by atoms with van der Waals surface area (Å²) in [7, 11) is 0. The summed E-state index contributed by atoms with van der Waals surface area (Å²) in [6.45, 7) is 5.45. The molecule has 0 aromatic heterocycles. The van der Waals surface area contributed by atoms with Gasteiger partial charge in [-0.15, -0.1) is 0 Å². The van der Waals surface area contributed by atoms with Crippen molar-refractivity contribution in [1.82, 2.24) is 9.91 Å². The lowest BCUT2D eigenvalue weighted by Crippen LogP contribution is -2.59. The van der Waals surface area contributed by atoms with Gasteiger partial charge < -0.3 is 9.64 Å². The second-order valence-corrected chi connectivity index (χ2v) is 9.01. The molecule has 2 aromatic rings. The molecule has 0 N–H and O–H groups in total. The van der Waals surface area contributed by atoms with Crippen LogP contribution >= 0.6 is 23.2 Å². The van der Waals surface area contributed by atoms with E-state index in [1.54, 1.807) is 6.07 Å². The summed E-state index contributed by atoms with van der Waals surface area (Å²) in [5, 5.41) is 8.62. The summed E-state index contributed by atoms with van der Waals surface area (Å²) in [6, 6.07) is 14.2. The maximum absolute atomic E-state index is 6.67. The van der Waals surface area contributed by atoms with Crippen molar-refractivity contribution in [2.24, 2.45) is 5.10 Å². The monoisotopic (exact) mass is 429 g/mol. The number of ether oxygens (including phenoxy) is 1. The molecule has 1 saturated heterocycles. The summed E-state index contributed by atoms with van der Waals surface area (Å²) in [5.74, 6) is 0.997. The van der Waals surface area contributed by atoms with Crippen molar-refractivity contribution in [2.75, 3.05) is 19.6 Å². The summed E-state index contributed by atoms with van der Waals surface area (Å²) in [5.41, 5.74) is 2.79. The molecule has 1 fully saturated rings. The van der Waals surface area contributed by atoms with Gasteiger partial charge in [0.2, 0.25) is 5.72 Å². The quantitative estimate of drug-likeness (QED) is 0.622. The Bertz CT molecular complexity index is 953. The summed E-state index contributed by atoms with van der Waals surface area (Å²) >= 11 is 12.6. The Balaban J connectivity index is 1.53. The van der Waals surface area contributed by atoms with E-state index in [1.807, 2.05) is 12.1 Å². The smallest absolute Gasteiger partial charge is 0.200 e. The first-order valence-corrected chi connectivity index (χ1v) is 11.2. The molecular formula is C23H25Cl2N3O. The number of hydrazone groups is 1. The Kier molecular flexibility index (Phi) is 4.97. The van der Waals surface area contributed by atoms with Gasteiger partial charge in [-0.1, -0.05) is 54.4 Å². The summed E-state index contributed by atoms with van der Waals surface area (Å²) < 4.78 is 6.67. The zero-order valence-corrected chi connectivity index (χ0v) is 18.1. The van der Waals surface area contributed by atoms with Crippen LogP contribution < -0.4 is 4.74 Å². The van der Waals surface area contributed by atoms with E-state index in [9.17, 15) is 0 Å². The van der Waals surface area contributed by atoms with Crippen LogP contribution in [0.5, 0.6) is 5.75 Å². The van der Waals surface area contributed by atoms with Crippen molar-refractivity contribution in [1.29, 1.82) is 0 Å². The number of hydrogen-bond acceptors (Lipinski definition) is 4. The van der Waals surface area contributed by atoms with Gasteiger partial charge in [0.15, 0.2) is 0 Å². The fraction of sp³-hybridized carbons (Fsp3) is 0.435. The Morgan fingerprint density at radius 3 is 2.69 bits per heavy atom. The van der Waals surface area contributed by atoms with Crippen molar-refractivity contribution < 1.29 is 4.74 Å². The number of benzene rings is 2. The molecule has 0 radical (unpaired) electrons. The highest BCUT2D eigenvalue weighted by Gasteiger charge is 2.51. The van der Waals surface area contributed by atoms with Gasteiger partial charge in [0.25, 0.3) is 0 Å². The largest absolute Gasteiger partial charge is 0.466 e. The molecule has 3 aliphatic heterocycles. The molecule has 1 spiro atoms. The number of hydrogen-bond donors (Lipinski definition) is 0. The number of rotatable bonds is 3. The molecule has 5 rings (SSSR count). The first-order chi connectivity index (χ1) is 14.1. The lowest BCUT2D eigenvalue weighted by molar-refractivity contribution is -0.149. The number of likely N-dealkylation sites (tertiary alicyclic amines) is 1. The SMILES string of the molecule is CCCN1CCC2(CC1)Oc1ccccc1C1CC(c3ccc(Cl)cc3Cl)=NN12. The molecule has 1 unspecified atom stereocenters. The minimum absolute atomic E-state index is 0.180. The van der Waals surface area contributed by atoms with Crippen molar-refractivity contribution in [3.05, 3.63) is 63.6 Å². The predicted octanol–water partition coefficient (Wildman–Crippen LogP) is 5.74. The fourth-order valence-corrected chi connectivity index (χ4v) is 5.41. The Hall–Kier alpha value is -1.75. The van der Waals surface area contributed by atoms with Crippen LogP contribution in [0.4, 0.5) is 0 Å². The molecule has 3 heterocycles. The van der Waals surface area contributed by atoms with Gasteiger partial charge >= 0.3 is 0 Å². The van der Waals surface area contributed by atoms with E-state index in [0.29, 0.717) is 10.0 Å². The molecule has 0 saturated carbocycles. The fourth-order valence-electron chi connectivity index (χ4n) is 4.89. The van der Waals surface area contributed by atoms with Gasteiger partial charge in [-0.2, -0.15) is 5.10 Å². The Labute approximate surface area is 182 Å². The molecule has 29 heavy (non-hydrogen) atoms. The molecular weight excluding hydrogens is 405 g/mol. The zero-order chi connectivity index (χ0) is 20.0. The van der Waals surface area contributed by atoms with Crippen LogP contribution in [0.1, 0.15) is 49.8 Å². The third-order valence-corrected chi connectivity index (χ3v) is 6.87. The van der Waals surface area contributed by atoms with Gasteiger partial charge in [0.05, 0.1) is 16.8 Å². The molecule has 3 aliphatic rings. The lowest BCUT2D eigenvalue weighted by atomic mass is 9.90. The van der Waals surface area contributed by atoms with Crippen LogP contribution in [0.3, 0.4) is 0 Å². The van der Waals surface area contributed by atoms with E-state index >= 15 is 0 Å². The second kappa shape index (κ2) is 7.50. The van der Waals surface area contributed by atoms with Gasteiger partial charge in [0, 0.05) is 48.5 Å². The van der Waals surface area contributed by atoms with Gasteiger partial charge in [-0.3, -0.25) is 0 Å². The van der Waals surface area contributed by atoms with Crippen molar-refractivity contribution in [2.45, 2.75) is 44.4 Å². The van der Waals surface area contributed by atoms with Gasteiger partial charge in [0.1, 0.15) is 5.75 Å². The van der Waals surface area contributed by atoms with E-state index in [0.717, 1.165) is 55.9 Å². The maximum Gasteiger partial charge on any atom is 0.200 e. The molecule has 1 atom stereocenters. The molecule has 4 nitrogen and oxygen atoms in total. The molecule has 152 valence electrons. The number of halogens is 2. The number of para-hydroxylation sites is 1. The average Bonchev–Trinajstić information content (AvgIpc) is 3.16. The molecule has 0 bridgehead atoms. The highest BCUT2D eigenvalue weighted by atomic mass is 35.5. The third kappa shape index (κ3) is 3.31. The van der Waals surface area contributed by atoms with Gasteiger partial charge in [-0.05, 0) is 31.2 Å². The summed E-state index contributed by atoms with van der Waals surface area (Å²) in [6.07, 6.45) is 3.90. The van der Waals surface area contributed by atoms with Crippen LogP contribution in [-0.4, -0.2) is 41.0 Å².